The number of nitrogens with one attached hydrogen (secondary N) is 1. The molecule has 0 spiro atoms. The highest BCUT2D eigenvalue weighted by molar-refractivity contribution is 6.06. The molecular formula is C20H23N5O4. The van der Waals surface area contributed by atoms with Crippen molar-refractivity contribution in [3.05, 3.63) is 59.0 Å². The summed E-state index contributed by atoms with van der Waals surface area (Å²) in [4.78, 5) is 24.6. The second-order valence-electron chi connectivity index (χ2n) is 6.54. The molecule has 0 saturated carbocycles. The van der Waals surface area contributed by atoms with Crippen LogP contribution in [0.2, 0.25) is 0 Å². The monoisotopic (exact) mass is 397 g/mol. The molecule has 0 aliphatic rings. The van der Waals surface area contributed by atoms with Crippen molar-refractivity contribution in [2.45, 2.75) is 27.5 Å². The van der Waals surface area contributed by atoms with Gasteiger partial charge in [0.05, 0.1) is 12.8 Å². The van der Waals surface area contributed by atoms with Crippen LogP contribution in [-0.4, -0.2) is 38.0 Å². The molecule has 0 bridgehead atoms. The van der Waals surface area contributed by atoms with Gasteiger partial charge in [-0.2, -0.15) is 10.2 Å². The van der Waals surface area contributed by atoms with Gasteiger partial charge in [-0.25, -0.2) is 9.48 Å². The standard InChI is InChI=1S/C20H23N5O4/c1-5-28-20(27)16-11-21-24(4)18(16)22-19(26)17-6-7-25(23-17)12-29-15-9-13(2)8-14(3)10-15/h6-11H,5,12H2,1-4H3,(H,22,26). The Labute approximate surface area is 168 Å². The summed E-state index contributed by atoms with van der Waals surface area (Å²) >= 11 is 0. The van der Waals surface area contributed by atoms with E-state index in [9.17, 15) is 9.59 Å². The quantitative estimate of drug-likeness (QED) is 0.615. The third-order valence-corrected chi connectivity index (χ3v) is 4.10. The van der Waals surface area contributed by atoms with Gasteiger partial charge in [0, 0.05) is 13.2 Å². The Balaban J connectivity index is 1.67. The number of hydrogen-bond acceptors (Lipinski definition) is 6. The number of carbonyl (C=O) groups excluding carboxylic acids is 2. The van der Waals surface area contributed by atoms with Crippen molar-refractivity contribution in [3.63, 3.8) is 0 Å². The van der Waals surface area contributed by atoms with Gasteiger partial charge in [0.15, 0.2) is 12.4 Å². The molecule has 0 fully saturated rings. The number of esters is 1. The van der Waals surface area contributed by atoms with E-state index < -0.39 is 11.9 Å². The summed E-state index contributed by atoms with van der Waals surface area (Å²) < 4.78 is 13.6. The molecule has 0 aliphatic heterocycles. The number of rotatable bonds is 7. The van der Waals surface area contributed by atoms with Crippen molar-refractivity contribution < 1.29 is 19.1 Å². The topological polar surface area (TPSA) is 100 Å². The van der Waals surface area contributed by atoms with Crippen LogP contribution < -0.4 is 10.1 Å². The highest BCUT2D eigenvalue weighted by atomic mass is 16.5. The second-order valence-corrected chi connectivity index (χ2v) is 6.54. The number of hydrogen-bond donors (Lipinski definition) is 1. The van der Waals surface area contributed by atoms with Gasteiger partial charge >= 0.3 is 5.97 Å². The molecule has 0 unspecified atom stereocenters. The SMILES string of the molecule is CCOC(=O)c1cnn(C)c1NC(=O)c1ccn(COc2cc(C)cc(C)c2)n1. The molecule has 29 heavy (non-hydrogen) atoms. The van der Waals surface area contributed by atoms with E-state index >= 15 is 0 Å². The lowest BCUT2D eigenvalue weighted by atomic mass is 10.1. The smallest absolute Gasteiger partial charge is 0.343 e. The van der Waals surface area contributed by atoms with E-state index in [-0.39, 0.29) is 30.4 Å². The Bertz CT molecular complexity index is 1020. The Morgan fingerprint density at radius 2 is 1.90 bits per heavy atom. The zero-order chi connectivity index (χ0) is 21.0. The summed E-state index contributed by atoms with van der Waals surface area (Å²) in [5, 5.41) is 10.9. The number of amides is 1. The summed E-state index contributed by atoms with van der Waals surface area (Å²) in [6.45, 7) is 6.10. The first kappa shape index (κ1) is 20.1. The lowest BCUT2D eigenvalue weighted by molar-refractivity contribution is 0.0527. The fraction of sp³-hybridized carbons (Fsp3) is 0.300. The Morgan fingerprint density at radius 1 is 1.17 bits per heavy atom. The summed E-state index contributed by atoms with van der Waals surface area (Å²) in [6, 6.07) is 7.50. The van der Waals surface area contributed by atoms with E-state index in [1.54, 1.807) is 26.2 Å². The van der Waals surface area contributed by atoms with Gasteiger partial charge in [-0.3, -0.25) is 9.48 Å². The number of anilines is 1. The molecule has 9 heteroatoms. The van der Waals surface area contributed by atoms with E-state index in [0.29, 0.717) is 0 Å². The fourth-order valence-corrected chi connectivity index (χ4v) is 2.83. The Morgan fingerprint density at radius 3 is 2.59 bits per heavy atom. The molecule has 0 aliphatic carbocycles. The van der Waals surface area contributed by atoms with Gasteiger partial charge < -0.3 is 14.8 Å². The molecular weight excluding hydrogens is 374 g/mol. The van der Waals surface area contributed by atoms with Crippen molar-refractivity contribution in [3.8, 4) is 5.75 Å². The van der Waals surface area contributed by atoms with Gasteiger partial charge in [-0.15, -0.1) is 0 Å². The summed E-state index contributed by atoms with van der Waals surface area (Å²) in [5.41, 5.74) is 2.58. The molecule has 0 saturated heterocycles. The number of carbonyl (C=O) groups is 2. The van der Waals surface area contributed by atoms with Crippen LogP contribution in [0, 0.1) is 13.8 Å². The van der Waals surface area contributed by atoms with E-state index in [4.69, 9.17) is 9.47 Å². The molecule has 0 atom stereocenters. The molecule has 0 radical (unpaired) electrons. The Hall–Kier alpha value is -3.62. The first-order valence-corrected chi connectivity index (χ1v) is 9.12. The maximum absolute atomic E-state index is 12.6. The van der Waals surface area contributed by atoms with Gasteiger partial charge in [0.1, 0.15) is 17.1 Å². The minimum atomic E-state index is -0.553. The first-order valence-electron chi connectivity index (χ1n) is 9.12. The number of aromatic nitrogens is 4. The number of nitrogens with zero attached hydrogens (tertiary/aromatic N) is 4. The molecule has 3 aromatic rings. The van der Waals surface area contributed by atoms with Crippen molar-refractivity contribution in [1.29, 1.82) is 0 Å². The summed E-state index contributed by atoms with van der Waals surface area (Å²) in [5.74, 6) is -0.0416. The summed E-state index contributed by atoms with van der Waals surface area (Å²) in [7, 11) is 1.62. The van der Waals surface area contributed by atoms with Crippen LogP contribution in [0.3, 0.4) is 0 Å². The van der Waals surface area contributed by atoms with Gasteiger partial charge in [-0.1, -0.05) is 6.07 Å². The van der Waals surface area contributed by atoms with E-state index in [0.717, 1.165) is 16.9 Å². The summed E-state index contributed by atoms with van der Waals surface area (Å²) in [6.07, 6.45) is 3.00. The number of ether oxygens (including phenoxy) is 2. The average Bonchev–Trinajstić information content (AvgIpc) is 3.27. The third kappa shape index (κ3) is 4.81. The van der Waals surface area contributed by atoms with E-state index in [2.05, 4.69) is 21.6 Å². The maximum Gasteiger partial charge on any atom is 0.343 e. The molecule has 9 nitrogen and oxygen atoms in total. The van der Waals surface area contributed by atoms with Crippen LogP contribution in [-0.2, 0) is 18.5 Å². The van der Waals surface area contributed by atoms with Crippen LogP contribution in [0.5, 0.6) is 5.75 Å². The predicted molar refractivity (Wildman–Crippen MR) is 106 cm³/mol. The molecule has 2 heterocycles. The molecule has 2 aromatic heterocycles. The van der Waals surface area contributed by atoms with Gasteiger partial charge in [-0.05, 0) is 50.1 Å². The lowest BCUT2D eigenvalue weighted by Crippen LogP contribution is -2.18. The van der Waals surface area contributed by atoms with Crippen LogP contribution in [0.25, 0.3) is 0 Å². The van der Waals surface area contributed by atoms with E-state index in [1.807, 2.05) is 26.0 Å². The fourth-order valence-electron chi connectivity index (χ4n) is 2.83. The van der Waals surface area contributed by atoms with Crippen molar-refractivity contribution in [2.24, 2.45) is 7.05 Å². The number of benzene rings is 1. The van der Waals surface area contributed by atoms with Gasteiger partial charge in [0.25, 0.3) is 5.91 Å². The number of aryl methyl sites for hydroxylation is 3. The highest BCUT2D eigenvalue weighted by Crippen LogP contribution is 2.18. The zero-order valence-electron chi connectivity index (χ0n) is 16.8. The highest BCUT2D eigenvalue weighted by Gasteiger charge is 2.20. The molecule has 1 aromatic carbocycles. The second kappa shape index (κ2) is 8.59. The van der Waals surface area contributed by atoms with Crippen LogP contribution >= 0.6 is 0 Å². The van der Waals surface area contributed by atoms with Crippen molar-refractivity contribution in [1.82, 2.24) is 19.6 Å². The predicted octanol–water partition coefficient (Wildman–Crippen LogP) is 2.70. The third-order valence-electron chi connectivity index (χ3n) is 4.10. The first-order chi connectivity index (χ1) is 13.9. The van der Waals surface area contributed by atoms with Crippen molar-refractivity contribution in [2.75, 3.05) is 11.9 Å². The normalized spacial score (nSPS) is 10.6. The minimum absolute atomic E-state index is 0.163. The van der Waals surface area contributed by atoms with Crippen LogP contribution in [0.4, 0.5) is 5.82 Å². The van der Waals surface area contributed by atoms with Gasteiger partial charge in [0.2, 0.25) is 0 Å². The molecule has 152 valence electrons. The largest absolute Gasteiger partial charge is 0.471 e. The maximum atomic E-state index is 12.6. The zero-order valence-corrected chi connectivity index (χ0v) is 16.8. The Kier molecular flexibility index (Phi) is 5.96. The lowest BCUT2D eigenvalue weighted by Gasteiger charge is -2.08. The molecule has 3 rings (SSSR count). The van der Waals surface area contributed by atoms with Crippen LogP contribution in [0.1, 0.15) is 38.9 Å². The molecule has 1 amide bonds. The average molecular weight is 397 g/mol. The van der Waals surface area contributed by atoms with Crippen molar-refractivity contribution >= 4 is 17.7 Å². The minimum Gasteiger partial charge on any atom is -0.471 e. The van der Waals surface area contributed by atoms with Crippen LogP contribution in [0.15, 0.2) is 36.7 Å². The molecule has 1 N–H and O–H groups in total. The van der Waals surface area contributed by atoms with E-state index in [1.165, 1.54) is 15.6 Å².